The molecule has 1 fully saturated rings. The highest BCUT2D eigenvalue weighted by Gasteiger charge is 2.25. The molecule has 2 heteroatoms. The highest BCUT2D eigenvalue weighted by atomic mass is 31.1. The van der Waals surface area contributed by atoms with Crippen LogP contribution in [0, 0.1) is 0 Å². The normalized spacial score (nSPS) is 16.6. The zero-order valence-electron chi connectivity index (χ0n) is 15.7. The van der Waals surface area contributed by atoms with Gasteiger partial charge < -0.3 is 0 Å². The zero-order chi connectivity index (χ0) is 17.1. The average Bonchev–Trinajstić information content (AvgIpc) is 2.98. The molecule has 2 rings (SSSR count). The Hall–Kier alpha value is -0.680. The van der Waals surface area contributed by atoms with Gasteiger partial charge in [-0.25, -0.2) is 0 Å². The Balaban J connectivity index is 2.47. The largest absolute Gasteiger partial charge is 0.289 e. The van der Waals surface area contributed by atoms with Crippen molar-refractivity contribution in [2.75, 3.05) is 0 Å². The molecular formula is C21H33OP. The van der Waals surface area contributed by atoms with Crippen LogP contribution in [-0.4, -0.2) is 11.2 Å². The maximum absolute atomic E-state index is 13.1. The molecule has 1 aromatic carbocycles. The second-order valence-corrected chi connectivity index (χ2v) is 9.55. The van der Waals surface area contributed by atoms with Crippen molar-refractivity contribution in [3.05, 3.63) is 34.4 Å². The summed E-state index contributed by atoms with van der Waals surface area (Å²) in [5, 5.41) is 0. The summed E-state index contributed by atoms with van der Waals surface area (Å²) in [6.07, 6.45) is 5.13. The van der Waals surface area contributed by atoms with Crippen LogP contribution >= 0.6 is 8.58 Å². The Morgan fingerprint density at radius 2 is 1.39 bits per heavy atom. The highest BCUT2D eigenvalue weighted by molar-refractivity contribution is 7.59. The van der Waals surface area contributed by atoms with Crippen LogP contribution in [0.2, 0.25) is 0 Å². The van der Waals surface area contributed by atoms with E-state index in [9.17, 15) is 4.79 Å². The highest BCUT2D eigenvalue weighted by Crippen LogP contribution is 2.41. The number of carbonyl (C=O) groups is 1. The molecule has 0 aromatic heterocycles. The van der Waals surface area contributed by atoms with Crippen molar-refractivity contribution in [3.8, 4) is 0 Å². The van der Waals surface area contributed by atoms with Crippen LogP contribution in [0.4, 0.5) is 0 Å². The molecule has 1 aliphatic rings. The Bertz CT molecular complexity index is 522. The van der Waals surface area contributed by atoms with Crippen LogP contribution in [0.15, 0.2) is 12.1 Å². The molecule has 1 atom stereocenters. The number of carbonyl (C=O) groups excluding carboxylic acids is 1. The van der Waals surface area contributed by atoms with Gasteiger partial charge in [0.15, 0.2) is 5.52 Å². The van der Waals surface area contributed by atoms with Crippen LogP contribution in [0.5, 0.6) is 0 Å². The van der Waals surface area contributed by atoms with Gasteiger partial charge in [0.1, 0.15) is 0 Å². The smallest absolute Gasteiger partial charge is 0.181 e. The fraction of sp³-hybridized carbons (Fsp3) is 0.667. The first-order valence-electron chi connectivity index (χ1n) is 9.29. The Labute approximate surface area is 144 Å². The molecule has 0 bridgehead atoms. The number of benzene rings is 1. The first kappa shape index (κ1) is 18.7. The molecule has 0 amide bonds. The van der Waals surface area contributed by atoms with E-state index in [1.54, 1.807) is 0 Å². The summed E-state index contributed by atoms with van der Waals surface area (Å²) in [7, 11) is 0.468. The summed E-state index contributed by atoms with van der Waals surface area (Å²) in [6, 6.07) is 4.60. The van der Waals surface area contributed by atoms with Crippen molar-refractivity contribution in [1.82, 2.24) is 0 Å². The molecule has 23 heavy (non-hydrogen) atoms. The van der Waals surface area contributed by atoms with E-state index in [0.29, 0.717) is 37.5 Å². The molecule has 1 unspecified atom stereocenters. The van der Waals surface area contributed by atoms with Crippen molar-refractivity contribution in [2.24, 2.45) is 0 Å². The third kappa shape index (κ3) is 4.44. The van der Waals surface area contributed by atoms with Crippen LogP contribution < -0.4 is 0 Å². The van der Waals surface area contributed by atoms with Gasteiger partial charge in [-0.05, 0) is 61.5 Å². The zero-order valence-corrected chi connectivity index (χ0v) is 16.7. The van der Waals surface area contributed by atoms with Gasteiger partial charge in [-0.1, -0.05) is 66.5 Å². The average molecular weight is 332 g/mol. The number of rotatable bonds is 6. The lowest BCUT2D eigenvalue weighted by atomic mass is 9.85. The van der Waals surface area contributed by atoms with Crippen LogP contribution in [0.1, 0.15) is 112 Å². The molecule has 128 valence electrons. The maximum Gasteiger partial charge on any atom is 0.181 e. The Morgan fingerprint density at radius 3 is 1.78 bits per heavy atom. The fourth-order valence-electron chi connectivity index (χ4n) is 3.55. The summed E-state index contributed by atoms with van der Waals surface area (Å²) in [5.74, 6) is 1.31. The quantitative estimate of drug-likeness (QED) is 0.522. The van der Waals surface area contributed by atoms with Crippen LogP contribution in [0.3, 0.4) is 0 Å². The molecule has 1 saturated carbocycles. The lowest BCUT2D eigenvalue weighted by Gasteiger charge is -2.23. The maximum atomic E-state index is 13.1. The minimum absolute atomic E-state index is 0.401. The van der Waals surface area contributed by atoms with E-state index in [4.69, 9.17) is 0 Å². The minimum atomic E-state index is 0.401. The monoisotopic (exact) mass is 332 g/mol. The lowest BCUT2D eigenvalue weighted by molar-refractivity contribution is 0.108. The molecule has 0 spiro atoms. The van der Waals surface area contributed by atoms with E-state index in [-0.39, 0.29) is 0 Å². The summed E-state index contributed by atoms with van der Waals surface area (Å²) < 4.78 is 0. The van der Waals surface area contributed by atoms with Crippen molar-refractivity contribution in [3.63, 3.8) is 0 Å². The van der Waals surface area contributed by atoms with E-state index in [0.717, 1.165) is 5.56 Å². The van der Waals surface area contributed by atoms with E-state index < -0.39 is 0 Å². The van der Waals surface area contributed by atoms with E-state index in [2.05, 4.69) is 53.7 Å². The Morgan fingerprint density at radius 1 is 0.913 bits per heavy atom. The fourth-order valence-corrected chi connectivity index (χ4v) is 5.05. The van der Waals surface area contributed by atoms with Crippen molar-refractivity contribution >= 4 is 14.1 Å². The van der Waals surface area contributed by atoms with E-state index >= 15 is 0 Å². The molecule has 0 radical (unpaired) electrons. The topological polar surface area (TPSA) is 17.1 Å². The number of hydrogen-bond donors (Lipinski definition) is 0. The first-order valence-corrected chi connectivity index (χ1v) is 10.4. The van der Waals surface area contributed by atoms with Crippen LogP contribution in [0.25, 0.3) is 0 Å². The predicted octanol–water partition coefficient (Wildman–Crippen LogP) is 6.82. The van der Waals surface area contributed by atoms with Gasteiger partial charge in [0.2, 0.25) is 0 Å². The third-order valence-electron chi connectivity index (χ3n) is 5.05. The first-order chi connectivity index (χ1) is 10.8. The standard InChI is InChI=1S/C21H33OP/c1-13(2)16-11-18(14(3)4)20(19(12-16)15(5)6)21(22)23-17-9-7-8-10-17/h11-15,17,23H,7-10H2,1-6H3. The second-order valence-electron chi connectivity index (χ2n) is 7.99. The van der Waals surface area contributed by atoms with Gasteiger partial charge in [-0.15, -0.1) is 0 Å². The molecule has 1 nitrogen and oxygen atoms in total. The van der Waals surface area contributed by atoms with Crippen molar-refractivity contribution in [1.29, 1.82) is 0 Å². The van der Waals surface area contributed by atoms with Gasteiger partial charge in [0.05, 0.1) is 0 Å². The summed E-state index contributed by atoms with van der Waals surface area (Å²) in [4.78, 5) is 13.1. The molecular weight excluding hydrogens is 299 g/mol. The van der Waals surface area contributed by atoms with Crippen LogP contribution in [-0.2, 0) is 0 Å². The predicted molar refractivity (Wildman–Crippen MR) is 104 cm³/mol. The summed E-state index contributed by atoms with van der Waals surface area (Å²) in [6.45, 7) is 13.4. The van der Waals surface area contributed by atoms with Crippen molar-refractivity contribution in [2.45, 2.75) is 90.6 Å². The van der Waals surface area contributed by atoms with Gasteiger partial charge in [-0.2, -0.15) is 0 Å². The number of hydrogen-bond acceptors (Lipinski definition) is 1. The minimum Gasteiger partial charge on any atom is -0.289 e. The lowest BCUT2D eigenvalue weighted by Crippen LogP contribution is -2.11. The van der Waals surface area contributed by atoms with Gasteiger partial charge in [0.25, 0.3) is 0 Å². The van der Waals surface area contributed by atoms with Gasteiger partial charge in [0, 0.05) is 5.56 Å². The molecule has 0 heterocycles. The summed E-state index contributed by atoms with van der Waals surface area (Å²) in [5.41, 5.74) is 6.04. The molecule has 0 aliphatic heterocycles. The van der Waals surface area contributed by atoms with E-state index in [1.165, 1.54) is 42.4 Å². The van der Waals surface area contributed by atoms with E-state index in [1.807, 2.05) is 0 Å². The summed E-state index contributed by atoms with van der Waals surface area (Å²) >= 11 is 0. The third-order valence-corrected chi connectivity index (χ3v) is 6.55. The molecule has 0 N–H and O–H groups in total. The molecule has 1 aromatic rings. The second kappa shape index (κ2) is 7.93. The van der Waals surface area contributed by atoms with Gasteiger partial charge in [-0.3, -0.25) is 4.79 Å². The van der Waals surface area contributed by atoms with Crippen molar-refractivity contribution < 1.29 is 4.79 Å². The van der Waals surface area contributed by atoms with Gasteiger partial charge >= 0.3 is 0 Å². The molecule has 0 saturated heterocycles. The Kier molecular flexibility index (Phi) is 6.43. The SMILES string of the molecule is CC(C)c1cc(C(C)C)c(C(=O)PC2CCCC2)c(C(C)C)c1. The molecule has 1 aliphatic carbocycles.